The van der Waals surface area contributed by atoms with Crippen LogP contribution in [-0.2, 0) is 14.3 Å². The van der Waals surface area contributed by atoms with Gasteiger partial charge in [-0.2, -0.15) is 0 Å². The summed E-state index contributed by atoms with van der Waals surface area (Å²) in [6.07, 6.45) is 0.427. The van der Waals surface area contributed by atoms with Gasteiger partial charge in [-0.15, -0.1) is 0 Å². The van der Waals surface area contributed by atoms with Gasteiger partial charge in [0.15, 0.2) is 6.10 Å². The Hall–Kier alpha value is -0.570. The van der Waals surface area contributed by atoms with Gasteiger partial charge >= 0.3 is 5.97 Å². The van der Waals surface area contributed by atoms with Gasteiger partial charge in [0.2, 0.25) is 0 Å². The number of carbonyl (C=O) groups excluding carboxylic acids is 1. The van der Waals surface area contributed by atoms with Crippen molar-refractivity contribution in [2.75, 3.05) is 6.61 Å². The Labute approximate surface area is 60.3 Å². The Morgan fingerprint density at radius 1 is 1.80 bits per heavy atom. The van der Waals surface area contributed by atoms with Crippen molar-refractivity contribution in [1.29, 1.82) is 0 Å². The van der Waals surface area contributed by atoms with Crippen molar-refractivity contribution in [2.45, 2.75) is 32.5 Å². The van der Waals surface area contributed by atoms with Crippen LogP contribution in [-0.4, -0.2) is 24.8 Å². The standard InChI is InChI=1S/C7H12O3/c1-3-9-6-4-5(2)10-7(6)8/h5-6H,3-4H2,1-2H3/t5-,6+/m0/s1. The van der Waals surface area contributed by atoms with E-state index in [4.69, 9.17) is 9.47 Å². The first kappa shape index (κ1) is 7.54. The minimum atomic E-state index is -0.306. The smallest absolute Gasteiger partial charge is 0.335 e. The van der Waals surface area contributed by atoms with Crippen molar-refractivity contribution in [3.8, 4) is 0 Å². The van der Waals surface area contributed by atoms with Crippen LogP contribution in [0.15, 0.2) is 0 Å². The molecule has 0 aromatic heterocycles. The van der Waals surface area contributed by atoms with E-state index in [1.807, 2.05) is 13.8 Å². The highest BCUT2D eigenvalue weighted by molar-refractivity contribution is 5.76. The Morgan fingerprint density at radius 2 is 2.50 bits per heavy atom. The van der Waals surface area contributed by atoms with E-state index in [9.17, 15) is 4.79 Å². The van der Waals surface area contributed by atoms with E-state index < -0.39 is 0 Å². The summed E-state index contributed by atoms with van der Waals surface area (Å²) in [5.41, 5.74) is 0. The first-order valence-electron chi connectivity index (χ1n) is 3.56. The predicted molar refractivity (Wildman–Crippen MR) is 35.6 cm³/mol. The second-order valence-corrected chi connectivity index (χ2v) is 2.43. The molecule has 1 fully saturated rings. The van der Waals surface area contributed by atoms with Gasteiger partial charge in [0.05, 0.1) is 0 Å². The third kappa shape index (κ3) is 1.48. The maximum absolute atomic E-state index is 10.8. The van der Waals surface area contributed by atoms with E-state index in [0.717, 1.165) is 0 Å². The molecule has 0 radical (unpaired) electrons. The zero-order valence-electron chi connectivity index (χ0n) is 6.29. The number of hydrogen-bond donors (Lipinski definition) is 0. The fourth-order valence-electron chi connectivity index (χ4n) is 1.06. The summed E-state index contributed by atoms with van der Waals surface area (Å²) in [5, 5.41) is 0. The van der Waals surface area contributed by atoms with Crippen LogP contribution < -0.4 is 0 Å². The molecule has 58 valence electrons. The lowest BCUT2D eigenvalue weighted by atomic mass is 10.2. The molecular weight excluding hydrogens is 132 g/mol. The highest BCUT2D eigenvalue weighted by Gasteiger charge is 2.31. The summed E-state index contributed by atoms with van der Waals surface area (Å²) < 4.78 is 9.97. The Balaban J connectivity index is 2.39. The molecule has 0 aliphatic carbocycles. The maximum atomic E-state index is 10.8. The molecule has 2 atom stereocenters. The van der Waals surface area contributed by atoms with E-state index in [2.05, 4.69) is 0 Å². The van der Waals surface area contributed by atoms with Gasteiger partial charge < -0.3 is 9.47 Å². The number of hydrogen-bond acceptors (Lipinski definition) is 3. The molecule has 0 bridgehead atoms. The van der Waals surface area contributed by atoms with Gasteiger partial charge in [0.25, 0.3) is 0 Å². The molecule has 0 spiro atoms. The van der Waals surface area contributed by atoms with Crippen LogP contribution >= 0.6 is 0 Å². The molecule has 1 heterocycles. The molecule has 3 heteroatoms. The van der Waals surface area contributed by atoms with E-state index in [1.165, 1.54) is 0 Å². The molecule has 1 saturated heterocycles. The molecule has 0 aromatic carbocycles. The zero-order valence-corrected chi connectivity index (χ0v) is 6.29. The monoisotopic (exact) mass is 144 g/mol. The number of ether oxygens (including phenoxy) is 2. The number of esters is 1. The third-order valence-corrected chi connectivity index (χ3v) is 1.49. The van der Waals surface area contributed by atoms with Gasteiger partial charge in [-0.25, -0.2) is 4.79 Å². The number of cyclic esters (lactones) is 1. The van der Waals surface area contributed by atoms with E-state index in [1.54, 1.807) is 0 Å². The van der Waals surface area contributed by atoms with Crippen LogP contribution in [0.4, 0.5) is 0 Å². The molecule has 0 amide bonds. The summed E-state index contributed by atoms with van der Waals surface area (Å²) in [5.74, 6) is -0.214. The minimum absolute atomic E-state index is 0.0315. The van der Waals surface area contributed by atoms with Crippen LogP contribution in [0.25, 0.3) is 0 Å². The van der Waals surface area contributed by atoms with E-state index >= 15 is 0 Å². The average Bonchev–Trinajstić information content (AvgIpc) is 2.13. The number of rotatable bonds is 2. The molecule has 0 unspecified atom stereocenters. The van der Waals surface area contributed by atoms with Crippen LogP contribution in [0.3, 0.4) is 0 Å². The van der Waals surface area contributed by atoms with Gasteiger partial charge in [0.1, 0.15) is 6.10 Å². The topological polar surface area (TPSA) is 35.5 Å². The molecule has 0 saturated carbocycles. The Morgan fingerprint density at radius 3 is 2.90 bits per heavy atom. The van der Waals surface area contributed by atoms with Gasteiger partial charge in [-0.1, -0.05) is 0 Å². The molecular formula is C7H12O3. The first-order chi connectivity index (χ1) is 4.74. The quantitative estimate of drug-likeness (QED) is 0.536. The van der Waals surface area contributed by atoms with E-state index in [-0.39, 0.29) is 18.2 Å². The fraction of sp³-hybridized carbons (Fsp3) is 0.857. The minimum Gasteiger partial charge on any atom is -0.461 e. The lowest BCUT2D eigenvalue weighted by molar-refractivity contribution is -0.149. The molecule has 10 heavy (non-hydrogen) atoms. The first-order valence-corrected chi connectivity index (χ1v) is 3.56. The second-order valence-electron chi connectivity index (χ2n) is 2.43. The molecule has 0 aromatic rings. The van der Waals surface area contributed by atoms with Crippen molar-refractivity contribution in [1.82, 2.24) is 0 Å². The van der Waals surface area contributed by atoms with Crippen molar-refractivity contribution in [3.63, 3.8) is 0 Å². The van der Waals surface area contributed by atoms with Gasteiger partial charge in [-0.3, -0.25) is 0 Å². The molecule has 1 aliphatic heterocycles. The van der Waals surface area contributed by atoms with Gasteiger partial charge in [0, 0.05) is 13.0 Å². The normalized spacial score (nSPS) is 32.4. The van der Waals surface area contributed by atoms with Crippen molar-refractivity contribution in [3.05, 3.63) is 0 Å². The highest BCUT2D eigenvalue weighted by atomic mass is 16.6. The molecule has 3 nitrogen and oxygen atoms in total. The summed E-state index contributed by atoms with van der Waals surface area (Å²) in [6.45, 7) is 4.32. The third-order valence-electron chi connectivity index (χ3n) is 1.49. The van der Waals surface area contributed by atoms with E-state index in [0.29, 0.717) is 13.0 Å². The molecule has 0 N–H and O–H groups in total. The lowest BCUT2D eigenvalue weighted by Crippen LogP contribution is -2.17. The van der Waals surface area contributed by atoms with Crippen molar-refractivity contribution in [2.24, 2.45) is 0 Å². The zero-order chi connectivity index (χ0) is 7.56. The van der Waals surface area contributed by atoms with Crippen LogP contribution in [0, 0.1) is 0 Å². The number of carbonyl (C=O) groups is 1. The summed E-state index contributed by atoms with van der Waals surface area (Å²) in [7, 11) is 0. The Bertz CT molecular complexity index is 133. The predicted octanol–water partition coefficient (Wildman–Crippen LogP) is 0.727. The largest absolute Gasteiger partial charge is 0.461 e. The average molecular weight is 144 g/mol. The van der Waals surface area contributed by atoms with Crippen molar-refractivity contribution >= 4 is 5.97 Å². The Kier molecular flexibility index (Phi) is 2.27. The summed E-state index contributed by atoms with van der Waals surface area (Å²) >= 11 is 0. The summed E-state index contributed by atoms with van der Waals surface area (Å²) in [4.78, 5) is 10.8. The van der Waals surface area contributed by atoms with Crippen LogP contribution in [0.2, 0.25) is 0 Å². The van der Waals surface area contributed by atoms with Crippen LogP contribution in [0.5, 0.6) is 0 Å². The fourth-order valence-corrected chi connectivity index (χ4v) is 1.06. The second kappa shape index (κ2) is 3.01. The van der Waals surface area contributed by atoms with Crippen molar-refractivity contribution < 1.29 is 14.3 Å². The highest BCUT2D eigenvalue weighted by Crippen LogP contribution is 2.16. The molecule has 1 aliphatic rings. The van der Waals surface area contributed by atoms with Gasteiger partial charge in [-0.05, 0) is 13.8 Å². The van der Waals surface area contributed by atoms with Crippen LogP contribution in [0.1, 0.15) is 20.3 Å². The summed E-state index contributed by atoms with van der Waals surface area (Å²) in [6, 6.07) is 0. The lowest BCUT2D eigenvalue weighted by Gasteiger charge is -2.02. The molecule has 1 rings (SSSR count). The SMILES string of the molecule is CCO[C@@H]1C[C@H](C)OC1=O. The maximum Gasteiger partial charge on any atom is 0.335 e.